The van der Waals surface area contributed by atoms with Crippen molar-refractivity contribution in [1.29, 1.82) is 0 Å². The van der Waals surface area contributed by atoms with E-state index in [0.29, 0.717) is 0 Å². The van der Waals surface area contributed by atoms with Crippen molar-refractivity contribution in [3.63, 3.8) is 0 Å². The van der Waals surface area contributed by atoms with Crippen LogP contribution in [-0.4, -0.2) is 59.6 Å². The molecule has 0 saturated carbocycles. The van der Waals surface area contributed by atoms with E-state index in [1.54, 1.807) is 12.1 Å². The maximum absolute atomic E-state index is 13.8. The summed E-state index contributed by atoms with van der Waals surface area (Å²) < 4.78 is 13.8. The number of carbonyl (C=O) groups is 4. The highest BCUT2D eigenvalue weighted by atomic mass is 19.1. The van der Waals surface area contributed by atoms with Gasteiger partial charge in [-0.3, -0.25) is 19.2 Å². The fourth-order valence-corrected chi connectivity index (χ4v) is 3.95. The first-order valence-corrected chi connectivity index (χ1v) is 10.2. The highest BCUT2D eigenvalue weighted by Crippen LogP contribution is 2.36. The second-order valence-corrected chi connectivity index (χ2v) is 7.35. The molecule has 0 amide bonds. The Morgan fingerprint density at radius 2 is 1.09 bits per heavy atom. The summed E-state index contributed by atoms with van der Waals surface area (Å²) in [5.74, 6) is -3.45. The molecule has 2 aliphatic rings. The number of hydrogen-bond donors (Lipinski definition) is 4. The summed E-state index contributed by atoms with van der Waals surface area (Å²) in [4.78, 5) is 53.5. The van der Waals surface area contributed by atoms with Crippen molar-refractivity contribution in [2.45, 2.75) is 0 Å². The Kier molecular flexibility index (Phi) is 5.99. The number of hydrogen-bond acceptors (Lipinski definition) is 8. The standard InChI is InChI=1S/C24H19FN2O6/c25-12-5-6-15-16(11-12)24(33)20(27-8-10-29)18(22(15)31)17-19(26-7-9-28)23(32)14-4-2-1-3-13(14)21(17)30/h1-6,11,26-29H,7-10H2. The average molecular weight is 450 g/mol. The third-order valence-corrected chi connectivity index (χ3v) is 5.37. The molecular formula is C24H19FN2O6. The Morgan fingerprint density at radius 1 is 0.636 bits per heavy atom. The van der Waals surface area contributed by atoms with Crippen molar-refractivity contribution in [2.75, 3.05) is 26.3 Å². The molecular weight excluding hydrogens is 431 g/mol. The predicted octanol–water partition coefficient (Wildman–Crippen LogP) is 0.956. The van der Waals surface area contributed by atoms with Crippen LogP contribution in [0, 0.1) is 5.82 Å². The van der Waals surface area contributed by atoms with Gasteiger partial charge in [-0.1, -0.05) is 24.3 Å². The summed E-state index contributed by atoms with van der Waals surface area (Å²) in [5, 5.41) is 23.9. The van der Waals surface area contributed by atoms with Gasteiger partial charge in [-0.05, 0) is 18.2 Å². The zero-order chi connectivity index (χ0) is 23.7. The molecule has 168 valence electrons. The number of nitrogens with one attached hydrogen (secondary N) is 2. The van der Waals surface area contributed by atoms with E-state index >= 15 is 0 Å². The van der Waals surface area contributed by atoms with Crippen LogP contribution < -0.4 is 10.6 Å². The van der Waals surface area contributed by atoms with Gasteiger partial charge < -0.3 is 20.8 Å². The molecule has 4 N–H and O–H groups in total. The summed E-state index contributed by atoms with van der Waals surface area (Å²) in [6, 6.07) is 9.17. The number of halogens is 1. The number of allylic oxidation sites excluding steroid dienone is 4. The van der Waals surface area contributed by atoms with E-state index in [2.05, 4.69) is 10.6 Å². The summed E-state index contributed by atoms with van der Waals surface area (Å²) in [6.45, 7) is -0.966. The van der Waals surface area contributed by atoms with Gasteiger partial charge in [0, 0.05) is 35.3 Å². The average Bonchev–Trinajstić information content (AvgIpc) is 2.82. The topological polar surface area (TPSA) is 133 Å². The SMILES string of the molecule is O=C1C(NCCO)=C(C2=C(NCCO)C(=O)c3cc(F)ccc3C2=O)C(=O)c2ccccc21. The van der Waals surface area contributed by atoms with Gasteiger partial charge in [-0.15, -0.1) is 0 Å². The van der Waals surface area contributed by atoms with E-state index in [1.807, 2.05) is 0 Å². The Bertz CT molecular complexity index is 1280. The molecule has 0 saturated heterocycles. The summed E-state index contributed by atoms with van der Waals surface area (Å²) in [5.41, 5.74) is -1.32. The number of aliphatic hydroxyl groups is 2. The lowest BCUT2D eigenvalue weighted by atomic mass is 9.77. The zero-order valence-electron chi connectivity index (χ0n) is 17.3. The van der Waals surface area contributed by atoms with Crippen LogP contribution in [0.3, 0.4) is 0 Å². The van der Waals surface area contributed by atoms with Gasteiger partial charge in [-0.25, -0.2) is 4.39 Å². The molecule has 0 heterocycles. The molecule has 4 rings (SSSR count). The van der Waals surface area contributed by atoms with Crippen LogP contribution >= 0.6 is 0 Å². The van der Waals surface area contributed by atoms with Crippen LogP contribution in [0.5, 0.6) is 0 Å². The van der Waals surface area contributed by atoms with E-state index in [1.165, 1.54) is 12.1 Å². The van der Waals surface area contributed by atoms with Crippen LogP contribution in [0.15, 0.2) is 65.0 Å². The number of aliphatic hydroxyl groups excluding tert-OH is 2. The smallest absolute Gasteiger partial charge is 0.210 e. The number of ketones is 4. The second kappa shape index (κ2) is 8.89. The Hall–Kier alpha value is -3.95. The largest absolute Gasteiger partial charge is 0.395 e. The first kappa shape index (κ1) is 22.3. The van der Waals surface area contributed by atoms with Crippen LogP contribution in [0.25, 0.3) is 0 Å². The second-order valence-electron chi connectivity index (χ2n) is 7.35. The van der Waals surface area contributed by atoms with Gasteiger partial charge >= 0.3 is 0 Å². The normalized spacial score (nSPS) is 15.6. The summed E-state index contributed by atoms with van der Waals surface area (Å²) >= 11 is 0. The fourth-order valence-electron chi connectivity index (χ4n) is 3.95. The maximum atomic E-state index is 13.8. The van der Waals surface area contributed by atoms with Crippen LogP contribution in [-0.2, 0) is 0 Å². The molecule has 33 heavy (non-hydrogen) atoms. The van der Waals surface area contributed by atoms with Gasteiger partial charge in [0.25, 0.3) is 0 Å². The first-order chi connectivity index (χ1) is 15.9. The lowest BCUT2D eigenvalue weighted by Crippen LogP contribution is -2.38. The molecule has 8 nitrogen and oxygen atoms in total. The van der Waals surface area contributed by atoms with E-state index in [9.17, 15) is 33.8 Å². The van der Waals surface area contributed by atoms with Gasteiger partial charge in [-0.2, -0.15) is 0 Å². The number of carbonyl (C=O) groups excluding carboxylic acids is 4. The Morgan fingerprint density at radius 3 is 1.61 bits per heavy atom. The van der Waals surface area contributed by atoms with Crippen LogP contribution in [0.4, 0.5) is 4.39 Å². The van der Waals surface area contributed by atoms with E-state index in [-0.39, 0.29) is 64.5 Å². The van der Waals surface area contributed by atoms with E-state index < -0.39 is 35.6 Å². The molecule has 0 radical (unpaired) electrons. The van der Waals surface area contributed by atoms with Crippen molar-refractivity contribution in [3.05, 3.63) is 93.1 Å². The first-order valence-electron chi connectivity index (χ1n) is 10.2. The van der Waals surface area contributed by atoms with Gasteiger partial charge in [0.15, 0.2) is 11.6 Å². The minimum absolute atomic E-state index is 0.0613. The summed E-state index contributed by atoms with van der Waals surface area (Å²) in [7, 11) is 0. The molecule has 0 unspecified atom stereocenters. The van der Waals surface area contributed by atoms with Gasteiger partial charge in [0.05, 0.1) is 35.8 Å². The molecule has 0 fully saturated rings. The maximum Gasteiger partial charge on any atom is 0.210 e. The van der Waals surface area contributed by atoms with Crippen LogP contribution in [0.1, 0.15) is 41.4 Å². The molecule has 9 heteroatoms. The highest BCUT2D eigenvalue weighted by molar-refractivity contribution is 6.36. The summed E-state index contributed by atoms with van der Waals surface area (Å²) in [6.07, 6.45) is 0. The van der Waals surface area contributed by atoms with Crippen LogP contribution in [0.2, 0.25) is 0 Å². The third-order valence-electron chi connectivity index (χ3n) is 5.37. The fraction of sp³-hybridized carbons (Fsp3) is 0.167. The number of fused-ring (bicyclic) bond motifs is 2. The zero-order valence-corrected chi connectivity index (χ0v) is 17.3. The molecule has 2 aromatic carbocycles. The lowest BCUT2D eigenvalue weighted by Gasteiger charge is -2.27. The Balaban J connectivity index is 2.01. The van der Waals surface area contributed by atoms with Gasteiger partial charge in [0.2, 0.25) is 11.6 Å². The van der Waals surface area contributed by atoms with Crippen molar-refractivity contribution in [2.24, 2.45) is 0 Å². The minimum atomic E-state index is -0.749. The monoisotopic (exact) mass is 450 g/mol. The molecule has 2 aromatic rings. The highest BCUT2D eigenvalue weighted by Gasteiger charge is 2.41. The number of Topliss-reactive ketones (excluding diaryl/α,β-unsaturated/α-hetero) is 4. The minimum Gasteiger partial charge on any atom is -0.395 e. The van der Waals surface area contributed by atoms with Crippen molar-refractivity contribution in [3.8, 4) is 0 Å². The predicted molar refractivity (Wildman–Crippen MR) is 114 cm³/mol. The van der Waals surface area contributed by atoms with Crippen molar-refractivity contribution >= 4 is 23.1 Å². The van der Waals surface area contributed by atoms with Crippen molar-refractivity contribution < 1.29 is 33.8 Å². The molecule has 0 bridgehead atoms. The Labute approximate surface area is 187 Å². The molecule has 0 aromatic heterocycles. The molecule has 2 aliphatic carbocycles. The number of benzene rings is 2. The third kappa shape index (κ3) is 3.67. The molecule has 0 aliphatic heterocycles. The molecule has 0 spiro atoms. The molecule has 0 atom stereocenters. The quantitative estimate of drug-likeness (QED) is 0.490. The van der Waals surface area contributed by atoms with E-state index in [4.69, 9.17) is 0 Å². The van der Waals surface area contributed by atoms with E-state index in [0.717, 1.165) is 18.2 Å². The van der Waals surface area contributed by atoms with Crippen molar-refractivity contribution in [1.82, 2.24) is 10.6 Å². The number of rotatable bonds is 7. The van der Waals surface area contributed by atoms with Gasteiger partial charge in [0.1, 0.15) is 5.82 Å². The lowest BCUT2D eigenvalue weighted by molar-refractivity contribution is 0.0945.